The summed E-state index contributed by atoms with van der Waals surface area (Å²) in [6.07, 6.45) is 12.0. The normalized spacial score (nSPS) is 47.4. The van der Waals surface area contributed by atoms with Crippen molar-refractivity contribution in [3.05, 3.63) is 24.2 Å². The van der Waals surface area contributed by atoms with Crippen molar-refractivity contribution in [3.63, 3.8) is 0 Å². The molecule has 0 spiro atoms. The summed E-state index contributed by atoms with van der Waals surface area (Å²) >= 11 is 0. The summed E-state index contributed by atoms with van der Waals surface area (Å²) in [5.41, 5.74) is 8.78. The fourth-order valence-corrected chi connectivity index (χ4v) is 5.97. The van der Waals surface area contributed by atoms with Gasteiger partial charge in [0, 0.05) is 11.6 Å². The van der Waals surface area contributed by atoms with Crippen LogP contribution in [0.2, 0.25) is 0 Å². The molecule has 3 unspecified atom stereocenters. The van der Waals surface area contributed by atoms with Crippen LogP contribution in [-0.2, 0) is 0 Å². The summed E-state index contributed by atoms with van der Waals surface area (Å²) in [7, 11) is 0. The molecule has 4 aliphatic rings. The largest absolute Gasteiger partial charge is 0.472 e. The lowest BCUT2D eigenvalue weighted by Gasteiger charge is -2.63. The average molecular weight is 245 g/mol. The molecule has 0 aromatic carbocycles. The van der Waals surface area contributed by atoms with E-state index in [4.69, 9.17) is 10.2 Å². The first-order chi connectivity index (χ1) is 8.59. The number of rotatable bonds is 2. The van der Waals surface area contributed by atoms with Gasteiger partial charge in [-0.25, -0.2) is 0 Å². The number of nitrogens with two attached hydrogens (primary N) is 1. The Morgan fingerprint density at radius 1 is 1.28 bits per heavy atom. The second-order valence-corrected chi connectivity index (χ2v) is 7.67. The Bertz CT molecular complexity index is 436. The standard InChI is InChI=1S/C16H23NO/c1-15-5-11-4-12(6-15)8-16(7-11,10-15)14(17)13-2-3-18-9-13/h2-3,9,11-12,14H,4-8,10,17H2,1H3. The fourth-order valence-electron chi connectivity index (χ4n) is 5.97. The van der Waals surface area contributed by atoms with Crippen molar-refractivity contribution in [1.82, 2.24) is 0 Å². The van der Waals surface area contributed by atoms with Crippen molar-refractivity contribution in [2.24, 2.45) is 28.4 Å². The van der Waals surface area contributed by atoms with Crippen LogP contribution in [0.4, 0.5) is 0 Å². The van der Waals surface area contributed by atoms with Crippen LogP contribution in [0.5, 0.6) is 0 Å². The van der Waals surface area contributed by atoms with E-state index < -0.39 is 0 Å². The predicted molar refractivity (Wildman–Crippen MR) is 70.9 cm³/mol. The third-order valence-corrected chi connectivity index (χ3v) is 5.96. The molecule has 0 aliphatic heterocycles. The van der Waals surface area contributed by atoms with Crippen LogP contribution in [0.3, 0.4) is 0 Å². The first-order valence-electron chi connectivity index (χ1n) is 7.36. The van der Waals surface area contributed by atoms with Crippen LogP contribution in [-0.4, -0.2) is 0 Å². The Labute approximate surface area is 109 Å². The lowest BCUT2D eigenvalue weighted by Crippen LogP contribution is -2.54. The zero-order chi connectivity index (χ0) is 12.4. The summed E-state index contributed by atoms with van der Waals surface area (Å²) in [5.74, 6) is 1.88. The molecular weight excluding hydrogens is 222 g/mol. The van der Waals surface area contributed by atoms with Gasteiger partial charge in [0.25, 0.3) is 0 Å². The number of hydrogen-bond acceptors (Lipinski definition) is 2. The van der Waals surface area contributed by atoms with Crippen molar-refractivity contribution in [1.29, 1.82) is 0 Å². The van der Waals surface area contributed by atoms with E-state index in [0.29, 0.717) is 10.8 Å². The van der Waals surface area contributed by atoms with E-state index in [1.54, 1.807) is 6.26 Å². The van der Waals surface area contributed by atoms with E-state index in [1.165, 1.54) is 44.1 Å². The summed E-state index contributed by atoms with van der Waals surface area (Å²) in [6.45, 7) is 2.50. The molecule has 1 aromatic heterocycles. The highest BCUT2D eigenvalue weighted by molar-refractivity contribution is 5.19. The molecule has 0 saturated heterocycles. The van der Waals surface area contributed by atoms with E-state index in [-0.39, 0.29) is 6.04 Å². The van der Waals surface area contributed by atoms with E-state index >= 15 is 0 Å². The van der Waals surface area contributed by atoms with Crippen LogP contribution < -0.4 is 5.73 Å². The quantitative estimate of drug-likeness (QED) is 0.858. The Hall–Kier alpha value is -0.760. The maximum atomic E-state index is 6.64. The Balaban J connectivity index is 1.71. The minimum atomic E-state index is 0.182. The van der Waals surface area contributed by atoms with E-state index in [2.05, 4.69) is 13.0 Å². The van der Waals surface area contributed by atoms with Crippen LogP contribution in [0.15, 0.2) is 23.0 Å². The molecule has 98 valence electrons. The summed E-state index contributed by atoms with van der Waals surface area (Å²) in [5, 5.41) is 0. The molecule has 4 saturated carbocycles. The molecule has 18 heavy (non-hydrogen) atoms. The molecule has 0 radical (unpaired) electrons. The maximum Gasteiger partial charge on any atom is 0.0950 e. The molecule has 4 fully saturated rings. The second kappa shape index (κ2) is 3.41. The van der Waals surface area contributed by atoms with Gasteiger partial charge >= 0.3 is 0 Å². The molecule has 1 heterocycles. The van der Waals surface area contributed by atoms with Crippen molar-refractivity contribution in [2.45, 2.75) is 51.5 Å². The van der Waals surface area contributed by atoms with Gasteiger partial charge in [-0.3, -0.25) is 0 Å². The lowest BCUT2D eigenvalue weighted by molar-refractivity contribution is -0.113. The van der Waals surface area contributed by atoms with Crippen LogP contribution >= 0.6 is 0 Å². The highest BCUT2D eigenvalue weighted by Gasteiger charge is 2.57. The summed E-state index contributed by atoms with van der Waals surface area (Å²) in [6, 6.07) is 2.24. The number of hydrogen-bond donors (Lipinski definition) is 1. The Morgan fingerprint density at radius 3 is 2.56 bits per heavy atom. The lowest BCUT2D eigenvalue weighted by atomic mass is 9.43. The monoisotopic (exact) mass is 245 g/mol. The van der Waals surface area contributed by atoms with Crippen molar-refractivity contribution < 1.29 is 4.42 Å². The van der Waals surface area contributed by atoms with Crippen LogP contribution in [0.1, 0.15) is 57.1 Å². The summed E-state index contributed by atoms with van der Waals surface area (Å²) < 4.78 is 5.24. The van der Waals surface area contributed by atoms with Gasteiger partial charge in [0.2, 0.25) is 0 Å². The molecule has 5 rings (SSSR count). The Morgan fingerprint density at radius 2 is 2.00 bits per heavy atom. The van der Waals surface area contributed by atoms with Crippen molar-refractivity contribution >= 4 is 0 Å². The SMILES string of the molecule is CC12CC3CC(C1)CC(C(N)c1ccoc1)(C3)C2. The van der Waals surface area contributed by atoms with Gasteiger partial charge in [0.05, 0.1) is 12.5 Å². The molecule has 3 atom stereocenters. The highest BCUT2D eigenvalue weighted by Crippen LogP contribution is 2.67. The number of furan rings is 1. The molecule has 2 heteroatoms. The Kier molecular flexibility index (Phi) is 2.10. The van der Waals surface area contributed by atoms with E-state index in [0.717, 1.165) is 11.8 Å². The van der Waals surface area contributed by atoms with Gasteiger partial charge in [0.1, 0.15) is 0 Å². The fraction of sp³-hybridized carbons (Fsp3) is 0.750. The van der Waals surface area contributed by atoms with Gasteiger partial charge in [-0.2, -0.15) is 0 Å². The van der Waals surface area contributed by atoms with E-state index in [1.807, 2.05) is 6.26 Å². The zero-order valence-corrected chi connectivity index (χ0v) is 11.2. The molecule has 4 aliphatic carbocycles. The zero-order valence-electron chi connectivity index (χ0n) is 11.2. The first-order valence-corrected chi connectivity index (χ1v) is 7.36. The van der Waals surface area contributed by atoms with Crippen molar-refractivity contribution in [3.8, 4) is 0 Å². The average Bonchev–Trinajstić information content (AvgIpc) is 2.77. The van der Waals surface area contributed by atoms with Crippen LogP contribution in [0, 0.1) is 22.7 Å². The minimum absolute atomic E-state index is 0.182. The smallest absolute Gasteiger partial charge is 0.0950 e. The molecule has 1 aromatic rings. The highest BCUT2D eigenvalue weighted by atomic mass is 16.3. The third kappa shape index (κ3) is 1.45. The second-order valence-electron chi connectivity index (χ2n) is 7.67. The molecule has 0 amide bonds. The maximum absolute atomic E-state index is 6.64. The van der Waals surface area contributed by atoms with Gasteiger partial charge in [0.15, 0.2) is 0 Å². The van der Waals surface area contributed by atoms with Crippen molar-refractivity contribution in [2.75, 3.05) is 0 Å². The first kappa shape index (κ1) is 11.1. The van der Waals surface area contributed by atoms with Gasteiger partial charge in [-0.15, -0.1) is 0 Å². The third-order valence-electron chi connectivity index (χ3n) is 5.96. The molecule has 2 N–H and O–H groups in total. The van der Waals surface area contributed by atoms with Gasteiger partial charge in [-0.05, 0) is 67.3 Å². The minimum Gasteiger partial charge on any atom is -0.472 e. The van der Waals surface area contributed by atoms with Gasteiger partial charge in [-0.1, -0.05) is 6.92 Å². The molecule has 2 nitrogen and oxygen atoms in total. The predicted octanol–water partition coefficient (Wildman–Crippen LogP) is 3.89. The van der Waals surface area contributed by atoms with E-state index in [9.17, 15) is 0 Å². The summed E-state index contributed by atoms with van der Waals surface area (Å²) in [4.78, 5) is 0. The van der Waals surface area contributed by atoms with Gasteiger partial charge < -0.3 is 10.2 Å². The molecular formula is C16H23NO. The molecule has 4 bridgehead atoms. The van der Waals surface area contributed by atoms with Crippen LogP contribution in [0.25, 0.3) is 0 Å². The topological polar surface area (TPSA) is 39.2 Å².